The molecule has 0 saturated carbocycles. The van der Waals surface area contributed by atoms with Gasteiger partial charge in [0.2, 0.25) is 11.8 Å². The Balaban J connectivity index is 1.70. The molecule has 1 fully saturated rings. The summed E-state index contributed by atoms with van der Waals surface area (Å²) >= 11 is 0. The molecule has 1 aromatic heterocycles. The summed E-state index contributed by atoms with van der Waals surface area (Å²) in [4.78, 5) is 26.3. The summed E-state index contributed by atoms with van der Waals surface area (Å²) < 4.78 is 10.7. The van der Waals surface area contributed by atoms with E-state index < -0.39 is 5.92 Å². The molecule has 0 bridgehead atoms. The summed E-state index contributed by atoms with van der Waals surface area (Å²) in [6.45, 7) is 5.88. The van der Waals surface area contributed by atoms with Crippen molar-refractivity contribution in [3.63, 3.8) is 0 Å². The zero-order valence-corrected chi connectivity index (χ0v) is 14.5. The highest BCUT2D eigenvalue weighted by Gasteiger charge is 2.36. The molecule has 2 aromatic rings. The third kappa shape index (κ3) is 3.81. The molecule has 3 rings (SSSR count). The lowest BCUT2D eigenvalue weighted by molar-refractivity contribution is -0.122. The van der Waals surface area contributed by atoms with Gasteiger partial charge in [-0.05, 0) is 32.9 Å². The smallest absolute Gasteiger partial charge is 0.229 e. The number of aromatic nitrogens is 1. The topological polar surface area (TPSA) is 84.7 Å². The lowest BCUT2D eigenvalue weighted by atomic mass is 10.1. The van der Waals surface area contributed by atoms with Gasteiger partial charge in [-0.25, -0.2) is 0 Å². The van der Waals surface area contributed by atoms with Crippen molar-refractivity contribution in [1.29, 1.82) is 0 Å². The number of amides is 2. The Hall–Kier alpha value is -2.83. The first-order valence-electron chi connectivity index (χ1n) is 8.24. The van der Waals surface area contributed by atoms with E-state index in [4.69, 9.17) is 9.26 Å². The molecule has 0 radical (unpaired) electrons. The van der Waals surface area contributed by atoms with Crippen LogP contribution in [0.4, 0.5) is 11.5 Å². The second-order valence-electron chi connectivity index (χ2n) is 6.35. The van der Waals surface area contributed by atoms with Crippen LogP contribution in [0, 0.1) is 12.8 Å². The fourth-order valence-corrected chi connectivity index (χ4v) is 2.75. The second-order valence-corrected chi connectivity index (χ2v) is 6.35. The number of hydrogen-bond donors (Lipinski definition) is 1. The Labute approximate surface area is 145 Å². The predicted molar refractivity (Wildman–Crippen MR) is 92.5 cm³/mol. The zero-order valence-electron chi connectivity index (χ0n) is 14.5. The molecule has 132 valence electrons. The van der Waals surface area contributed by atoms with Gasteiger partial charge in [0.05, 0.1) is 17.7 Å². The fraction of sp³-hybridized carbons (Fsp3) is 0.389. The van der Waals surface area contributed by atoms with Gasteiger partial charge in [0.15, 0.2) is 5.82 Å². The maximum Gasteiger partial charge on any atom is 0.229 e. The first-order valence-corrected chi connectivity index (χ1v) is 8.24. The minimum Gasteiger partial charge on any atom is -0.489 e. The summed E-state index contributed by atoms with van der Waals surface area (Å²) in [5.41, 5.74) is 0.601. The summed E-state index contributed by atoms with van der Waals surface area (Å²) in [5.74, 6) is 0.878. The highest BCUT2D eigenvalue weighted by atomic mass is 16.5. The Morgan fingerprint density at radius 1 is 1.40 bits per heavy atom. The summed E-state index contributed by atoms with van der Waals surface area (Å²) in [6, 6.07) is 8.95. The number of nitrogens with zero attached hydrogens (tertiary/aromatic N) is 2. The molecule has 2 amide bonds. The van der Waals surface area contributed by atoms with E-state index in [0.29, 0.717) is 23.0 Å². The zero-order chi connectivity index (χ0) is 18.0. The number of nitrogens with one attached hydrogen (secondary N) is 1. The van der Waals surface area contributed by atoms with Crippen LogP contribution in [0.25, 0.3) is 0 Å². The van der Waals surface area contributed by atoms with E-state index in [9.17, 15) is 9.59 Å². The number of carbonyl (C=O) groups excluding carboxylic acids is 2. The molecule has 1 atom stereocenters. The van der Waals surface area contributed by atoms with E-state index >= 15 is 0 Å². The molecule has 25 heavy (non-hydrogen) atoms. The predicted octanol–water partition coefficient (Wildman–Crippen LogP) is 2.76. The molecule has 7 nitrogen and oxygen atoms in total. The van der Waals surface area contributed by atoms with Crippen LogP contribution in [0.3, 0.4) is 0 Å². The third-order valence-electron chi connectivity index (χ3n) is 3.90. The molecular weight excluding hydrogens is 322 g/mol. The van der Waals surface area contributed by atoms with Gasteiger partial charge in [0.1, 0.15) is 11.5 Å². The number of carbonyl (C=O) groups is 2. The molecule has 1 aliphatic rings. The summed E-state index contributed by atoms with van der Waals surface area (Å²) in [5, 5.41) is 6.72. The maximum absolute atomic E-state index is 12.6. The molecular formula is C18H21N3O4. The Bertz CT molecular complexity index is 784. The van der Waals surface area contributed by atoms with Gasteiger partial charge in [0.25, 0.3) is 0 Å². The number of ether oxygens (including phenoxy) is 1. The van der Waals surface area contributed by atoms with Crippen molar-refractivity contribution >= 4 is 23.3 Å². The average molecular weight is 343 g/mol. The van der Waals surface area contributed by atoms with E-state index in [1.165, 1.54) is 4.90 Å². The molecule has 7 heteroatoms. The van der Waals surface area contributed by atoms with Gasteiger partial charge in [-0.2, -0.15) is 0 Å². The van der Waals surface area contributed by atoms with E-state index in [-0.39, 0.29) is 30.9 Å². The fourth-order valence-electron chi connectivity index (χ4n) is 2.75. The molecule has 1 saturated heterocycles. The standard InChI is InChI=1S/C18H21N3O4/c1-11(2)24-15-7-5-4-6-14(15)19-18(23)13-9-17(22)21(10-13)16-8-12(3)25-20-16/h4-8,11,13H,9-10H2,1-3H3,(H,19,23). The van der Waals surface area contributed by atoms with Gasteiger partial charge in [-0.1, -0.05) is 17.3 Å². The van der Waals surface area contributed by atoms with Gasteiger partial charge in [-0.3, -0.25) is 14.5 Å². The third-order valence-corrected chi connectivity index (χ3v) is 3.90. The van der Waals surface area contributed by atoms with Crippen molar-refractivity contribution in [3.05, 3.63) is 36.1 Å². The van der Waals surface area contributed by atoms with Crippen LogP contribution in [-0.2, 0) is 9.59 Å². The van der Waals surface area contributed by atoms with Crippen LogP contribution in [-0.4, -0.2) is 29.6 Å². The molecule has 1 aromatic carbocycles. The number of hydrogen-bond acceptors (Lipinski definition) is 5. The van der Waals surface area contributed by atoms with Crippen molar-refractivity contribution in [3.8, 4) is 5.75 Å². The van der Waals surface area contributed by atoms with Crippen LogP contribution in [0.1, 0.15) is 26.0 Å². The maximum atomic E-state index is 12.6. The normalized spacial score (nSPS) is 17.2. The summed E-state index contributed by atoms with van der Waals surface area (Å²) in [6.07, 6.45) is 0.141. The Morgan fingerprint density at radius 3 is 2.84 bits per heavy atom. The van der Waals surface area contributed by atoms with Gasteiger partial charge in [0, 0.05) is 19.0 Å². The van der Waals surface area contributed by atoms with Gasteiger partial charge >= 0.3 is 0 Å². The molecule has 1 unspecified atom stereocenters. The molecule has 1 aliphatic heterocycles. The van der Waals surface area contributed by atoms with Crippen LogP contribution in [0.15, 0.2) is 34.9 Å². The van der Waals surface area contributed by atoms with Crippen molar-refractivity contribution in [2.45, 2.75) is 33.3 Å². The quantitative estimate of drug-likeness (QED) is 0.902. The highest BCUT2D eigenvalue weighted by molar-refractivity contribution is 6.03. The number of benzene rings is 1. The van der Waals surface area contributed by atoms with E-state index in [2.05, 4.69) is 10.5 Å². The Morgan fingerprint density at radius 2 is 2.16 bits per heavy atom. The number of aryl methyl sites for hydroxylation is 1. The SMILES string of the molecule is Cc1cc(N2CC(C(=O)Nc3ccccc3OC(C)C)CC2=O)no1. The van der Waals surface area contributed by atoms with Crippen LogP contribution in [0.5, 0.6) is 5.75 Å². The highest BCUT2D eigenvalue weighted by Crippen LogP contribution is 2.28. The average Bonchev–Trinajstić information content (AvgIpc) is 3.14. The van der Waals surface area contributed by atoms with Crippen LogP contribution in [0.2, 0.25) is 0 Å². The van der Waals surface area contributed by atoms with Crippen molar-refractivity contribution in [2.75, 3.05) is 16.8 Å². The van der Waals surface area contributed by atoms with Gasteiger partial charge < -0.3 is 14.6 Å². The Kier molecular flexibility index (Phi) is 4.74. The number of para-hydroxylation sites is 2. The van der Waals surface area contributed by atoms with Crippen molar-refractivity contribution < 1.29 is 18.8 Å². The molecule has 1 N–H and O–H groups in total. The summed E-state index contributed by atoms with van der Waals surface area (Å²) in [7, 11) is 0. The monoisotopic (exact) mass is 343 g/mol. The van der Waals surface area contributed by atoms with E-state index in [0.717, 1.165) is 0 Å². The van der Waals surface area contributed by atoms with E-state index in [1.807, 2.05) is 26.0 Å². The van der Waals surface area contributed by atoms with Crippen molar-refractivity contribution in [2.24, 2.45) is 5.92 Å². The minimum atomic E-state index is -0.448. The lowest BCUT2D eigenvalue weighted by Gasteiger charge is -2.16. The first-order chi connectivity index (χ1) is 11.9. The molecule has 2 heterocycles. The van der Waals surface area contributed by atoms with Crippen molar-refractivity contribution in [1.82, 2.24) is 5.16 Å². The number of anilines is 2. The van der Waals surface area contributed by atoms with Crippen LogP contribution >= 0.6 is 0 Å². The first kappa shape index (κ1) is 17.0. The molecule has 0 spiro atoms. The van der Waals surface area contributed by atoms with E-state index in [1.54, 1.807) is 25.1 Å². The molecule has 0 aliphatic carbocycles. The van der Waals surface area contributed by atoms with Gasteiger partial charge in [-0.15, -0.1) is 0 Å². The lowest BCUT2D eigenvalue weighted by Crippen LogP contribution is -2.28. The largest absolute Gasteiger partial charge is 0.489 e. The van der Waals surface area contributed by atoms with Crippen LogP contribution < -0.4 is 15.0 Å². The minimum absolute atomic E-state index is 0.00277. The second kappa shape index (κ2) is 6.96. The number of rotatable bonds is 5.